The van der Waals surface area contributed by atoms with Crippen molar-refractivity contribution in [2.75, 3.05) is 50.1 Å². The first-order chi connectivity index (χ1) is 19.6. The molecule has 1 aliphatic carbocycles. The number of nitrogens with one attached hydrogen (secondary N) is 1. The molecule has 0 spiro atoms. The minimum atomic E-state index is -0.310. The molecule has 8 nitrogen and oxygen atoms in total. The smallest absolute Gasteiger partial charge is 0.337 e. The number of rotatable bonds is 9. The molecule has 2 saturated heterocycles. The Balaban J connectivity index is 1.01. The first-order valence-corrected chi connectivity index (χ1v) is 14.3. The monoisotopic (exact) mass is 540 g/mol. The Labute approximate surface area is 235 Å². The molecule has 0 amide bonds. The van der Waals surface area contributed by atoms with Gasteiger partial charge in [-0.1, -0.05) is 36.4 Å². The normalized spacial score (nSPS) is 26.7. The molecule has 2 aromatic carbocycles. The van der Waals surface area contributed by atoms with Crippen LogP contribution in [-0.4, -0.2) is 68.0 Å². The Morgan fingerprint density at radius 2 is 2.00 bits per heavy atom. The predicted octanol–water partition coefficient (Wildman–Crippen LogP) is 4.46. The summed E-state index contributed by atoms with van der Waals surface area (Å²) in [5.41, 5.74) is 5.18. The number of ether oxygens (including phenoxy) is 3. The minimum Gasteiger partial charge on any atom is -0.473 e. The first-order valence-electron chi connectivity index (χ1n) is 14.3. The average Bonchev–Trinajstić information content (AvgIpc) is 3.62. The minimum absolute atomic E-state index is 0.131. The van der Waals surface area contributed by atoms with E-state index in [1.807, 2.05) is 42.5 Å². The van der Waals surface area contributed by atoms with Crippen LogP contribution in [0.15, 0.2) is 66.7 Å². The zero-order chi connectivity index (χ0) is 27.1. The standard InChI is InChI=1S/C32H36N4O4/c1-38-31(37)23-10-11-26-27(16-23)36(19-25-12-15-39-25)29(33-26)20-35-14-13-32(17-24(32)18-35)28-8-5-9-30(34-28)40-21-22-6-3-2-4-7-22/h2-11,16,24-25,29,33H,12-15,17-21H2,1H3. The van der Waals surface area contributed by atoms with E-state index in [1.54, 1.807) is 0 Å². The van der Waals surface area contributed by atoms with E-state index in [0.717, 1.165) is 62.6 Å². The molecule has 4 heterocycles. The van der Waals surface area contributed by atoms with Crippen LogP contribution in [0.5, 0.6) is 5.88 Å². The highest BCUT2D eigenvalue weighted by Crippen LogP contribution is 2.59. The van der Waals surface area contributed by atoms with E-state index in [0.29, 0.717) is 24.0 Å². The van der Waals surface area contributed by atoms with Crippen LogP contribution >= 0.6 is 0 Å². The molecule has 1 saturated carbocycles. The summed E-state index contributed by atoms with van der Waals surface area (Å²) in [6.45, 7) is 5.18. The molecule has 4 aliphatic rings. The van der Waals surface area contributed by atoms with Crippen molar-refractivity contribution in [2.24, 2.45) is 5.92 Å². The van der Waals surface area contributed by atoms with E-state index in [9.17, 15) is 4.79 Å². The number of carbonyl (C=O) groups is 1. The maximum atomic E-state index is 12.2. The Morgan fingerprint density at radius 3 is 2.77 bits per heavy atom. The number of nitrogens with zero attached hydrogens (tertiary/aromatic N) is 3. The molecule has 208 valence electrons. The van der Waals surface area contributed by atoms with Crippen LogP contribution in [0.2, 0.25) is 0 Å². The van der Waals surface area contributed by atoms with E-state index in [2.05, 4.69) is 39.4 Å². The van der Waals surface area contributed by atoms with Crippen molar-refractivity contribution in [1.29, 1.82) is 0 Å². The lowest BCUT2D eigenvalue weighted by molar-refractivity contribution is -0.0452. The molecule has 1 N–H and O–H groups in total. The van der Waals surface area contributed by atoms with Gasteiger partial charge in [0.25, 0.3) is 0 Å². The Hall–Kier alpha value is -3.62. The van der Waals surface area contributed by atoms with E-state index >= 15 is 0 Å². The Bertz CT molecular complexity index is 1380. The van der Waals surface area contributed by atoms with Crippen molar-refractivity contribution in [3.8, 4) is 5.88 Å². The average molecular weight is 541 g/mol. The van der Waals surface area contributed by atoms with Gasteiger partial charge in [0.05, 0.1) is 35.8 Å². The summed E-state index contributed by atoms with van der Waals surface area (Å²) in [5, 5.41) is 3.72. The lowest BCUT2D eigenvalue weighted by Crippen LogP contribution is -2.51. The summed E-state index contributed by atoms with van der Waals surface area (Å²) >= 11 is 0. The van der Waals surface area contributed by atoms with E-state index in [-0.39, 0.29) is 23.7 Å². The number of benzene rings is 2. The highest BCUT2D eigenvalue weighted by atomic mass is 16.5. The van der Waals surface area contributed by atoms with Crippen LogP contribution in [0, 0.1) is 5.92 Å². The Morgan fingerprint density at radius 1 is 1.12 bits per heavy atom. The molecular weight excluding hydrogens is 504 g/mol. The number of piperidine rings is 1. The van der Waals surface area contributed by atoms with Crippen molar-refractivity contribution in [2.45, 2.75) is 43.6 Å². The largest absolute Gasteiger partial charge is 0.473 e. The lowest BCUT2D eigenvalue weighted by atomic mass is 9.91. The molecule has 7 rings (SSSR count). The number of pyridine rings is 1. The maximum absolute atomic E-state index is 12.2. The van der Waals surface area contributed by atoms with Crippen LogP contribution in [0.1, 0.15) is 40.9 Å². The van der Waals surface area contributed by atoms with Gasteiger partial charge < -0.3 is 24.4 Å². The van der Waals surface area contributed by atoms with Gasteiger partial charge in [-0.3, -0.25) is 4.90 Å². The van der Waals surface area contributed by atoms with E-state index in [4.69, 9.17) is 19.2 Å². The molecule has 40 heavy (non-hydrogen) atoms. The molecule has 8 heteroatoms. The fourth-order valence-corrected chi connectivity index (χ4v) is 6.62. The molecule has 1 aromatic heterocycles. The van der Waals surface area contributed by atoms with Crippen molar-refractivity contribution < 1.29 is 19.0 Å². The molecule has 3 aliphatic heterocycles. The molecular formula is C32H36N4O4. The SMILES string of the molecule is COC(=O)c1ccc2c(c1)N(CC1CCO1)C(CN1CCC3(c4cccc(OCc5ccccc5)n4)CC3C1)N2. The number of methoxy groups -OCH3 is 1. The van der Waals surface area contributed by atoms with Crippen molar-refractivity contribution in [3.63, 3.8) is 0 Å². The summed E-state index contributed by atoms with van der Waals surface area (Å²) in [7, 11) is 1.42. The molecule has 4 atom stereocenters. The highest BCUT2D eigenvalue weighted by molar-refractivity contribution is 5.93. The zero-order valence-electron chi connectivity index (χ0n) is 22.9. The number of aromatic nitrogens is 1. The van der Waals surface area contributed by atoms with Crippen LogP contribution < -0.4 is 15.0 Å². The van der Waals surface area contributed by atoms with Gasteiger partial charge in [0, 0.05) is 37.7 Å². The van der Waals surface area contributed by atoms with E-state index < -0.39 is 0 Å². The number of hydrogen-bond acceptors (Lipinski definition) is 8. The van der Waals surface area contributed by atoms with Crippen LogP contribution in [0.25, 0.3) is 0 Å². The summed E-state index contributed by atoms with van der Waals surface area (Å²) < 4.78 is 16.8. The molecule has 3 fully saturated rings. The maximum Gasteiger partial charge on any atom is 0.337 e. The summed E-state index contributed by atoms with van der Waals surface area (Å²) in [6, 6.07) is 22.2. The van der Waals surface area contributed by atoms with E-state index in [1.165, 1.54) is 19.2 Å². The quantitative estimate of drug-likeness (QED) is 0.399. The van der Waals surface area contributed by atoms with Gasteiger partial charge in [-0.05, 0) is 61.6 Å². The number of fused-ring (bicyclic) bond motifs is 2. The third kappa shape index (κ3) is 4.80. The molecule has 0 bridgehead atoms. The lowest BCUT2D eigenvalue weighted by Gasteiger charge is -2.38. The van der Waals surface area contributed by atoms with Gasteiger partial charge >= 0.3 is 5.97 Å². The van der Waals surface area contributed by atoms with Gasteiger partial charge in [0.15, 0.2) is 0 Å². The van der Waals surface area contributed by atoms with Gasteiger partial charge in [0.2, 0.25) is 5.88 Å². The van der Waals surface area contributed by atoms with Gasteiger partial charge in [-0.25, -0.2) is 9.78 Å². The first kappa shape index (κ1) is 25.4. The second kappa shape index (κ2) is 10.4. The number of anilines is 2. The Kier molecular flexibility index (Phi) is 6.60. The second-order valence-electron chi connectivity index (χ2n) is 11.5. The third-order valence-electron chi connectivity index (χ3n) is 9.10. The predicted molar refractivity (Wildman–Crippen MR) is 153 cm³/mol. The number of hydrogen-bond donors (Lipinski definition) is 1. The van der Waals surface area contributed by atoms with Crippen LogP contribution in [-0.2, 0) is 21.5 Å². The summed E-state index contributed by atoms with van der Waals surface area (Å²) in [4.78, 5) is 22.1. The third-order valence-corrected chi connectivity index (χ3v) is 9.10. The zero-order valence-corrected chi connectivity index (χ0v) is 22.9. The summed E-state index contributed by atoms with van der Waals surface area (Å²) in [6.07, 6.45) is 3.72. The van der Waals surface area contributed by atoms with Gasteiger partial charge in [-0.2, -0.15) is 0 Å². The van der Waals surface area contributed by atoms with Crippen LogP contribution in [0.3, 0.4) is 0 Å². The van der Waals surface area contributed by atoms with Crippen LogP contribution in [0.4, 0.5) is 11.4 Å². The molecule has 3 aromatic rings. The summed E-state index contributed by atoms with van der Waals surface area (Å²) in [5.74, 6) is 1.00. The fraction of sp³-hybridized carbons (Fsp3) is 0.438. The fourth-order valence-electron chi connectivity index (χ4n) is 6.62. The van der Waals surface area contributed by atoms with Crippen molar-refractivity contribution in [3.05, 3.63) is 83.6 Å². The molecule has 4 unspecified atom stereocenters. The topological polar surface area (TPSA) is 76.2 Å². The number of esters is 1. The van der Waals surface area contributed by atoms with Gasteiger partial charge in [0.1, 0.15) is 12.8 Å². The number of carbonyl (C=O) groups excluding carboxylic acids is 1. The highest BCUT2D eigenvalue weighted by Gasteiger charge is 2.58. The second-order valence-corrected chi connectivity index (χ2v) is 11.5. The molecule has 0 radical (unpaired) electrons. The van der Waals surface area contributed by atoms with Crippen molar-refractivity contribution in [1.82, 2.24) is 9.88 Å². The number of likely N-dealkylation sites (tertiary alicyclic amines) is 1. The van der Waals surface area contributed by atoms with Crippen molar-refractivity contribution >= 4 is 17.3 Å². The van der Waals surface area contributed by atoms with Gasteiger partial charge in [-0.15, -0.1) is 0 Å².